The zero-order valence-electron chi connectivity index (χ0n) is 18.2. The molecule has 0 atom stereocenters. The molecule has 166 valence electrons. The van der Waals surface area contributed by atoms with Crippen LogP contribution in [0.4, 0.5) is 11.4 Å². The Labute approximate surface area is 192 Å². The SMILES string of the molecule is CN(C)c1ccc(NC(=O)c2ccccc2Cl)cc1CN(Cc1ccco1)C(=O)C1CC1. The third-order valence-corrected chi connectivity index (χ3v) is 5.79. The minimum Gasteiger partial charge on any atom is -0.467 e. The van der Waals surface area contributed by atoms with Crippen LogP contribution in [0.1, 0.15) is 34.5 Å². The normalized spacial score (nSPS) is 13.0. The van der Waals surface area contributed by atoms with Gasteiger partial charge in [-0.1, -0.05) is 23.7 Å². The number of nitrogens with zero attached hydrogens (tertiary/aromatic N) is 2. The van der Waals surface area contributed by atoms with E-state index in [2.05, 4.69) is 5.32 Å². The lowest BCUT2D eigenvalue weighted by Gasteiger charge is -2.26. The Balaban J connectivity index is 1.59. The lowest BCUT2D eigenvalue weighted by molar-refractivity contribution is -0.134. The highest BCUT2D eigenvalue weighted by molar-refractivity contribution is 6.34. The van der Waals surface area contributed by atoms with Crippen LogP contribution in [0.2, 0.25) is 5.02 Å². The van der Waals surface area contributed by atoms with Gasteiger partial charge in [-0.3, -0.25) is 9.59 Å². The Morgan fingerprint density at radius 2 is 1.84 bits per heavy atom. The van der Waals surface area contributed by atoms with Crippen LogP contribution in [0.25, 0.3) is 0 Å². The van der Waals surface area contributed by atoms with Gasteiger partial charge in [-0.05, 0) is 60.9 Å². The van der Waals surface area contributed by atoms with E-state index in [1.165, 1.54) is 0 Å². The molecule has 1 aliphatic carbocycles. The number of hydrogen-bond acceptors (Lipinski definition) is 4. The van der Waals surface area contributed by atoms with E-state index in [9.17, 15) is 9.59 Å². The fraction of sp³-hybridized carbons (Fsp3) is 0.280. The van der Waals surface area contributed by atoms with E-state index in [4.69, 9.17) is 16.0 Å². The summed E-state index contributed by atoms with van der Waals surface area (Å²) in [5, 5.41) is 3.32. The van der Waals surface area contributed by atoms with Crippen molar-refractivity contribution in [2.24, 2.45) is 5.92 Å². The molecule has 1 saturated carbocycles. The van der Waals surface area contributed by atoms with Crippen molar-refractivity contribution in [2.45, 2.75) is 25.9 Å². The predicted molar refractivity (Wildman–Crippen MR) is 126 cm³/mol. The van der Waals surface area contributed by atoms with E-state index in [1.54, 1.807) is 30.5 Å². The number of benzene rings is 2. The maximum atomic E-state index is 13.0. The average Bonchev–Trinajstić information content (AvgIpc) is 3.49. The summed E-state index contributed by atoms with van der Waals surface area (Å²) in [6, 6.07) is 16.4. The van der Waals surface area contributed by atoms with Gasteiger partial charge in [-0.25, -0.2) is 0 Å². The molecule has 7 heteroatoms. The Morgan fingerprint density at radius 3 is 2.50 bits per heavy atom. The van der Waals surface area contributed by atoms with Crippen molar-refractivity contribution >= 4 is 34.8 Å². The van der Waals surface area contributed by atoms with Crippen molar-refractivity contribution in [1.29, 1.82) is 0 Å². The Hall–Kier alpha value is -3.25. The number of anilines is 2. The molecule has 6 nitrogen and oxygen atoms in total. The van der Waals surface area contributed by atoms with Crippen LogP contribution in [0.3, 0.4) is 0 Å². The molecular formula is C25H26ClN3O3. The number of rotatable bonds is 8. The highest BCUT2D eigenvalue weighted by Gasteiger charge is 2.34. The summed E-state index contributed by atoms with van der Waals surface area (Å²) in [7, 11) is 3.92. The summed E-state index contributed by atoms with van der Waals surface area (Å²) < 4.78 is 5.49. The van der Waals surface area contributed by atoms with Gasteiger partial charge in [0.2, 0.25) is 5.91 Å². The van der Waals surface area contributed by atoms with Crippen molar-refractivity contribution in [3.63, 3.8) is 0 Å². The van der Waals surface area contributed by atoms with Crippen molar-refractivity contribution in [2.75, 3.05) is 24.3 Å². The van der Waals surface area contributed by atoms with Crippen LogP contribution in [-0.2, 0) is 17.9 Å². The topological polar surface area (TPSA) is 65.8 Å². The van der Waals surface area contributed by atoms with Crippen molar-refractivity contribution in [3.8, 4) is 0 Å². The second-order valence-corrected chi connectivity index (χ2v) is 8.63. The van der Waals surface area contributed by atoms with Gasteiger partial charge >= 0.3 is 0 Å². The van der Waals surface area contributed by atoms with Crippen LogP contribution in [0.15, 0.2) is 65.3 Å². The van der Waals surface area contributed by atoms with Crippen molar-refractivity contribution in [3.05, 3.63) is 82.8 Å². The molecule has 1 N–H and O–H groups in total. The summed E-state index contributed by atoms with van der Waals surface area (Å²) in [5.41, 5.74) is 2.98. The number of carbonyl (C=O) groups is 2. The maximum Gasteiger partial charge on any atom is 0.257 e. The van der Waals surface area contributed by atoms with Gasteiger partial charge < -0.3 is 19.5 Å². The average molecular weight is 452 g/mol. The number of carbonyl (C=O) groups excluding carboxylic acids is 2. The highest BCUT2D eigenvalue weighted by atomic mass is 35.5. The quantitative estimate of drug-likeness (QED) is 0.511. The standard InChI is InChI=1S/C25H26ClN3O3/c1-28(2)23-12-11-19(27-24(30)21-7-3-4-8-22(21)26)14-18(23)15-29(25(31)17-9-10-17)16-20-6-5-13-32-20/h3-8,11-14,17H,9-10,15-16H2,1-2H3,(H,27,30). The molecule has 4 rings (SSSR count). The fourth-order valence-corrected chi connectivity index (χ4v) is 3.89. The molecule has 1 aromatic heterocycles. The minimum absolute atomic E-state index is 0.0934. The lowest BCUT2D eigenvalue weighted by Crippen LogP contribution is -2.32. The van der Waals surface area contributed by atoms with E-state index in [0.717, 1.165) is 29.9 Å². The van der Waals surface area contributed by atoms with E-state index in [1.807, 2.05) is 54.2 Å². The van der Waals surface area contributed by atoms with Crippen molar-refractivity contribution < 1.29 is 14.0 Å². The first-order valence-corrected chi connectivity index (χ1v) is 11.0. The molecule has 0 spiro atoms. The third kappa shape index (κ3) is 5.14. The summed E-state index contributed by atoms with van der Waals surface area (Å²) in [6.45, 7) is 0.824. The van der Waals surface area contributed by atoms with Gasteiger partial charge in [-0.2, -0.15) is 0 Å². The fourth-order valence-electron chi connectivity index (χ4n) is 3.67. The smallest absolute Gasteiger partial charge is 0.257 e. The van der Waals surface area contributed by atoms with Crippen LogP contribution < -0.4 is 10.2 Å². The second kappa shape index (κ2) is 9.49. The molecule has 0 unspecified atom stereocenters. The summed E-state index contributed by atoms with van der Waals surface area (Å²) in [6.07, 6.45) is 3.48. The van der Waals surface area contributed by atoms with E-state index in [-0.39, 0.29) is 17.7 Å². The monoisotopic (exact) mass is 451 g/mol. The first kappa shape index (κ1) is 22.0. The van der Waals surface area contributed by atoms with Gasteiger partial charge in [0, 0.05) is 37.9 Å². The van der Waals surface area contributed by atoms with Crippen LogP contribution in [0, 0.1) is 5.92 Å². The zero-order valence-corrected chi connectivity index (χ0v) is 18.9. The predicted octanol–water partition coefficient (Wildman–Crippen LogP) is 5.19. The molecule has 0 aliphatic heterocycles. The summed E-state index contributed by atoms with van der Waals surface area (Å²) in [5.74, 6) is 0.696. The molecule has 0 radical (unpaired) electrons. The molecular weight excluding hydrogens is 426 g/mol. The van der Waals surface area contributed by atoms with Crippen molar-refractivity contribution in [1.82, 2.24) is 4.90 Å². The second-order valence-electron chi connectivity index (χ2n) is 8.22. The zero-order chi connectivity index (χ0) is 22.7. The van der Waals surface area contributed by atoms with Gasteiger partial charge in [-0.15, -0.1) is 0 Å². The van der Waals surface area contributed by atoms with Crippen LogP contribution in [-0.4, -0.2) is 30.8 Å². The van der Waals surface area contributed by atoms with Gasteiger partial charge in [0.05, 0.1) is 23.4 Å². The Bertz CT molecular complexity index is 1110. The molecule has 1 fully saturated rings. The number of nitrogens with one attached hydrogen (secondary N) is 1. The largest absolute Gasteiger partial charge is 0.467 e. The molecule has 0 saturated heterocycles. The first-order chi connectivity index (χ1) is 15.4. The molecule has 2 aromatic carbocycles. The number of halogens is 1. The minimum atomic E-state index is -0.277. The molecule has 0 bridgehead atoms. The lowest BCUT2D eigenvalue weighted by atomic mass is 10.1. The first-order valence-electron chi connectivity index (χ1n) is 10.6. The van der Waals surface area contributed by atoms with Gasteiger partial charge in [0.1, 0.15) is 5.76 Å². The summed E-state index contributed by atoms with van der Waals surface area (Å²) >= 11 is 6.17. The number of amides is 2. The third-order valence-electron chi connectivity index (χ3n) is 5.46. The Morgan fingerprint density at radius 1 is 1.06 bits per heavy atom. The summed E-state index contributed by atoms with van der Waals surface area (Å²) in [4.78, 5) is 29.5. The molecule has 2 amide bonds. The van der Waals surface area contributed by atoms with Gasteiger partial charge in [0.25, 0.3) is 5.91 Å². The van der Waals surface area contributed by atoms with Gasteiger partial charge in [0.15, 0.2) is 0 Å². The molecule has 1 heterocycles. The van der Waals surface area contributed by atoms with Crippen LogP contribution >= 0.6 is 11.6 Å². The van der Waals surface area contributed by atoms with E-state index < -0.39 is 0 Å². The number of furan rings is 1. The van der Waals surface area contributed by atoms with E-state index in [0.29, 0.717) is 29.4 Å². The highest BCUT2D eigenvalue weighted by Crippen LogP contribution is 2.33. The molecule has 32 heavy (non-hydrogen) atoms. The Kier molecular flexibility index (Phi) is 6.51. The maximum absolute atomic E-state index is 13.0. The number of hydrogen-bond donors (Lipinski definition) is 1. The molecule has 1 aliphatic rings. The molecule has 3 aromatic rings. The van der Waals surface area contributed by atoms with Crippen LogP contribution in [0.5, 0.6) is 0 Å². The van der Waals surface area contributed by atoms with E-state index >= 15 is 0 Å².